The van der Waals surface area contributed by atoms with E-state index in [0.717, 1.165) is 52.5 Å². The average molecular weight is 479 g/mol. The van der Waals surface area contributed by atoms with Crippen LogP contribution >= 0.6 is 34.7 Å². The van der Waals surface area contributed by atoms with Crippen LogP contribution in [0.5, 0.6) is 0 Å². The zero-order valence-corrected chi connectivity index (χ0v) is 19.4. The summed E-state index contributed by atoms with van der Waals surface area (Å²) in [5.74, 6) is 1.77. The number of ether oxygens (including phenoxy) is 1. The summed E-state index contributed by atoms with van der Waals surface area (Å²) in [5.41, 5.74) is 0.945. The predicted octanol–water partition coefficient (Wildman–Crippen LogP) is 4.79. The van der Waals surface area contributed by atoms with Gasteiger partial charge in [-0.15, -0.1) is 10.2 Å². The lowest BCUT2D eigenvalue weighted by atomic mass is 10.2. The highest BCUT2D eigenvalue weighted by Gasteiger charge is 2.17. The molecule has 0 bridgehead atoms. The van der Waals surface area contributed by atoms with Crippen LogP contribution in [0.1, 0.15) is 18.6 Å². The second-order valence-electron chi connectivity index (χ2n) is 7.20. The zero-order valence-electron chi connectivity index (χ0n) is 17.0. The van der Waals surface area contributed by atoms with E-state index in [0.29, 0.717) is 17.3 Å². The first-order valence-electron chi connectivity index (χ1n) is 9.97. The number of nitrogens with zero attached hydrogens (tertiary/aromatic N) is 3. The second-order valence-corrected chi connectivity index (χ2v) is 9.84. The summed E-state index contributed by atoms with van der Waals surface area (Å²) in [7, 11) is 1.77. The van der Waals surface area contributed by atoms with Gasteiger partial charge in [-0.05, 0) is 49.2 Å². The molecular weight excluding hydrogens is 456 g/mol. The lowest BCUT2D eigenvalue weighted by Crippen LogP contribution is -2.27. The van der Waals surface area contributed by atoms with E-state index >= 15 is 0 Å². The summed E-state index contributed by atoms with van der Waals surface area (Å²) in [6, 6.07) is 11.2. The van der Waals surface area contributed by atoms with E-state index in [1.54, 1.807) is 11.9 Å². The van der Waals surface area contributed by atoms with Crippen LogP contribution in [0.2, 0.25) is 5.02 Å². The molecule has 3 heterocycles. The highest BCUT2D eigenvalue weighted by Crippen LogP contribution is 2.27. The molecule has 1 fully saturated rings. The van der Waals surface area contributed by atoms with E-state index < -0.39 is 0 Å². The Morgan fingerprint density at radius 1 is 1.29 bits per heavy atom. The van der Waals surface area contributed by atoms with Crippen LogP contribution < -0.4 is 5.32 Å². The Morgan fingerprint density at radius 2 is 2.13 bits per heavy atom. The van der Waals surface area contributed by atoms with Crippen LogP contribution in [-0.2, 0) is 16.1 Å². The summed E-state index contributed by atoms with van der Waals surface area (Å²) in [5, 5.41) is 13.0. The van der Waals surface area contributed by atoms with Gasteiger partial charge in [0.1, 0.15) is 11.5 Å². The van der Waals surface area contributed by atoms with Gasteiger partial charge in [-0.1, -0.05) is 34.7 Å². The molecule has 0 spiro atoms. The number of rotatable bonds is 9. The lowest BCUT2D eigenvalue weighted by Gasteiger charge is -2.14. The third-order valence-corrected chi connectivity index (χ3v) is 7.09. The molecule has 31 heavy (non-hydrogen) atoms. The molecule has 0 aliphatic carbocycles. The number of amides is 1. The van der Waals surface area contributed by atoms with Crippen molar-refractivity contribution in [2.45, 2.75) is 29.8 Å². The molecule has 2 aromatic heterocycles. The van der Waals surface area contributed by atoms with Crippen LogP contribution in [0.15, 0.2) is 45.2 Å². The summed E-state index contributed by atoms with van der Waals surface area (Å²) in [6.45, 7) is 1.97. The largest absolute Gasteiger partial charge is 0.459 e. The fraction of sp³-hybridized carbons (Fsp3) is 0.381. The fourth-order valence-corrected chi connectivity index (χ4v) is 4.96. The Morgan fingerprint density at radius 3 is 2.90 bits per heavy atom. The molecule has 7 nitrogen and oxygen atoms in total. The van der Waals surface area contributed by atoms with Gasteiger partial charge in [-0.3, -0.25) is 4.79 Å². The number of halogens is 1. The van der Waals surface area contributed by atoms with Crippen molar-refractivity contribution < 1.29 is 13.9 Å². The molecule has 1 atom stereocenters. The van der Waals surface area contributed by atoms with Crippen molar-refractivity contribution in [1.82, 2.24) is 15.1 Å². The number of anilines is 1. The third-order valence-electron chi connectivity index (χ3n) is 4.84. The lowest BCUT2D eigenvalue weighted by molar-refractivity contribution is -0.127. The second kappa shape index (κ2) is 10.5. The number of thioether (sulfide) groups is 1. The maximum absolute atomic E-state index is 12.5. The first-order chi connectivity index (χ1) is 15.1. The first kappa shape index (κ1) is 22.1. The van der Waals surface area contributed by atoms with Crippen LogP contribution in [0.3, 0.4) is 0 Å². The van der Waals surface area contributed by atoms with Crippen LogP contribution in [0, 0.1) is 0 Å². The van der Waals surface area contributed by atoms with Gasteiger partial charge in [0.05, 0.1) is 18.4 Å². The quantitative estimate of drug-likeness (QED) is 0.442. The number of furan rings is 1. The predicted molar refractivity (Wildman–Crippen MR) is 124 cm³/mol. The van der Waals surface area contributed by atoms with Crippen molar-refractivity contribution >= 4 is 45.7 Å². The number of nitrogens with one attached hydrogen (secondary N) is 1. The number of aromatic nitrogens is 2. The summed E-state index contributed by atoms with van der Waals surface area (Å²) < 4.78 is 12.2. The Balaban J connectivity index is 1.23. The SMILES string of the molecule is CN(Cc1ccc(-c2ccc(Cl)cc2)o1)C(=O)CSc1nnc(NC[C@H]2CCCO2)s1. The van der Waals surface area contributed by atoms with Gasteiger partial charge in [-0.2, -0.15) is 0 Å². The van der Waals surface area contributed by atoms with E-state index in [2.05, 4.69) is 15.5 Å². The van der Waals surface area contributed by atoms with Crippen LogP contribution in [0.25, 0.3) is 11.3 Å². The van der Waals surface area contributed by atoms with Gasteiger partial charge in [0.2, 0.25) is 11.0 Å². The van der Waals surface area contributed by atoms with E-state index in [1.165, 1.54) is 23.1 Å². The Kier molecular flexibility index (Phi) is 7.49. The van der Waals surface area contributed by atoms with Crippen molar-refractivity contribution in [3.63, 3.8) is 0 Å². The molecule has 1 amide bonds. The molecular formula is C21H23ClN4O3S2. The average Bonchev–Trinajstić information content (AvgIpc) is 3.53. The Hall–Kier alpha value is -2.07. The molecule has 1 aliphatic rings. The van der Waals surface area contributed by atoms with Gasteiger partial charge in [0.25, 0.3) is 0 Å². The number of hydrogen-bond donors (Lipinski definition) is 1. The highest BCUT2D eigenvalue weighted by molar-refractivity contribution is 8.01. The minimum Gasteiger partial charge on any atom is -0.459 e. The maximum atomic E-state index is 12.5. The van der Waals surface area contributed by atoms with Gasteiger partial charge in [0, 0.05) is 30.8 Å². The molecule has 0 saturated carbocycles. The number of carbonyl (C=O) groups is 1. The molecule has 1 N–H and O–H groups in total. The summed E-state index contributed by atoms with van der Waals surface area (Å²) in [4.78, 5) is 14.2. The summed E-state index contributed by atoms with van der Waals surface area (Å²) in [6.07, 6.45) is 2.43. The molecule has 4 rings (SSSR count). The van der Waals surface area contributed by atoms with E-state index in [-0.39, 0.29) is 12.0 Å². The van der Waals surface area contributed by atoms with Crippen molar-refractivity contribution in [2.24, 2.45) is 0 Å². The van der Waals surface area contributed by atoms with Gasteiger partial charge < -0.3 is 19.4 Å². The molecule has 3 aromatic rings. The molecule has 164 valence electrons. The van der Waals surface area contributed by atoms with E-state index in [4.69, 9.17) is 20.8 Å². The fourth-order valence-electron chi connectivity index (χ4n) is 3.13. The Bertz CT molecular complexity index is 1000. The van der Waals surface area contributed by atoms with Gasteiger partial charge in [0.15, 0.2) is 4.34 Å². The van der Waals surface area contributed by atoms with Crippen molar-refractivity contribution in [1.29, 1.82) is 0 Å². The highest BCUT2D eigenvalue weighted by atomic mass is 35.5. The Labute approximate surface area is 194 Å². The topological polar surface area (TPSA) is 80.5 Å². The number of benzene rings is 1. The van der Waals surface area contributed by atoms with E-state index in [1.807, 2.05) is 36.4 Å². The zero-order chi connectivity index (χ0) is 21.6. The van der Waals surface area contributed by atoms with Gasteiger partial charge >= 0.3 is 0 Å². The van der Waals surface area contributed by atoms with Crippen molar-refractivity contribution in [3.05, 3.63) is 47.2 Å². The molecule has 0 unspecified atom stereocenters. The van der Waals surface area contributed by atoms with Crippen LogP contribution in [-0.4, -0.2) is 53.1 Å². The molecule has 10 heteroatoms. The maximum Gasteiger partial charge on any atom is 0.233 e. The van der Waals surface area contributed by atoms with E-state index in [9.17, 15) is 4.79 Å². The minimum atomic E-state index is -0.00138. The minimum absolute atomic E-state index is 0.00138. The summed E-state index contributed by atoms with van der Waals surface area (Å²) >= 11 is 8.77. The van der Waals surface area contributed by atoms with Gasteiger partial charge in [-0.25, -0.2) is 0 Å². The molecule has 1 aromatic carbocycles. The van der Waals surface area contributed by atoms with Crippen molar-refractivity contribution in [2.75, 3.05) is 31.3 Å². The standard InChI is InChI=1S/C21H23ClN4O3S2/c1-26(12-17-8-9-18(29-17)14-4-6-15(22)7-5-14)19(27)13-30-21-25-24-20(31-21)23-11-16-3-2-10-28-16/h4-9,16H,2-3,10-13H2,1H3,(H,23,24)/t16-/m1/s1. The molecule has 0 radical (unpaired) electrons. The number of carbonyl (C=O) groups excluding carboxylic acids is 1. The van der Waals surface area contributed by atoms with Crippen LogP contribution in [0.4, 0.5) is 5.13 Å². The smallest absolute Gasteiger partial charge is 0.233 e. The van der Waals surface area contributed by atoms with Crippen molar-refractivity contribution in [3.8, 4) is 11.3 Å². The third kappa shape index (κ3) is 6.22. The molecule has 1 aliphatic heterocycles. The monoisotopic (exact) mass is 478 g/mol. The molecule has 1 saturated heterocycles. The first-order valence-corrected chi connectivity index (χ1v) is 12.2. The normalized spacial score (nSPS) is 15.9. The number of hydrogen-bond acceptors (Lipinski definition) is 8.